The second kappa shape index (κ2) is 8.13. The lowest BCUT2D eigenvalue weighted by molar-refractivity contribution is -0.576. The predicted molar refractivity (Wildman–Crippen MR) is 115 cm³/mol. The highest BCUT2D eigenvalue weighted by molar-refractivity contribution is 5.87. The molecule has 0 amide bonds. The van der Waals surface area contributed by atoms with Gasteiger partial charge in [0.2, 0.25) is 12.1 Å². The zero-order chi connectivity index (χ0) is 22.5. The number of hydrogen-bond donors (Lipinski definition) is 0. The number of esters is 1. The van der Waals surface area contributed by atoms with Crippen LogP contribution in [0.4, 0.5) is 0 Å². The fraction of sp³-hybridized carbons (Fsp3) is 0.640. The molecule has 8 atom stereocenters. The second-order valence-corrected chi connectivity index (χ2v) is 9.82. The summed E-state index contributed by atoms with van der Waals surface area (Å²) in [5.41, 5.74) is 0.223. The highest BCUT2D eigenvalue weighted by Gasteiger charge is 2.69. The molecule has 0 radical (unpaired) electrons. The van der Waals surface area contributed by atoms with Crippen molar-refractivity contribution in [1.82, 2.24) is 0 Å². The first-order valence-corrected chi connectivity index (χ1v) is 11.6. The summed E-state index contributed by atoms with van der Waals surface area (Å²) < 4.78 is 23.5. The maximum absolute atomic E-state index is 12.6. The van der Waals surface area contributed by atoms with Gasteiger partial charge in [0.25, 0.3) is 0 Å². The van der Waals surface area contributed by atoms with Crippen molar-refractivity contribution in [2.24, 2.45) is 23.7 Å². The molecule has 2 bridgehead atoms. The summed E-state index contributed by atoms with van der Waals surface area (Å²) in [5, 5.41) is 0. The van der Waals surface area contributed by atoms with Gasteiger partial charge < -0.3 is 18.9 Å². The van der Waals surface area contributed by atoms with Crippen LogP contribution in [0.5, 0.6) is 5.75 Å². The van der Waals surface area contributed by atoms with Gasteiger partial charge in [-0.15, -0.1) is 0 Å². The Balaban J connectivity index is 1.33. The largest absolute Gasteiger partial charge is 0.497 e. The van der Waals surface area contributed by atoms with Gasteiger partial charge in [0, 0.05) is 24.3 Å². The van der Waals surface area contributed by atoms with Crippen LogP contribution in [0.15, 0.2) is 30.3 Å². The Bertz CT molecular complexity index is 883. The molecule has 32 heavy (non-hydrogen) atoms. The van der Waals surface area contributed by atoms with Gasteiger partial charge in [-0.3, -0.25) is 0 Å². The first-order valence-electron chi connectivity index (χ1n) is 11.6. The summed E-state index contributed by atoms with van der Waals surface area (Å²) in [6, 6.07) is 7.45. The Kier molecular flexibility index (Phi) is 5.56. The molecule has 6 rings (SSSR count). The summed E-state index contributed by atoms with van der Waals surface area (Å²) >= 11 is 0. The van der Waals surface area contributed by atoms with Crippen LogP contribution >= 0.6 is 0 Å². The molecule has 5 aliphatic rings. The summed E-state index contributed by atoms with van der Waals surface area (Å²) in [6.07, 6.45) is 5.59. The summed E-state index contributed by atoms with van der Waals surface area (Å²) in [6.45, 7) is 6.23. The minimum Gasteiger partial charge on any atom is -0.497 e. The van der Waals surface area contributed by atoms with Gasteiger partial charge in [0.15, 0.2) is 11.9 Å². The van der Waals surface area contributed by atoms with E-state index in [1.807, 2.05) is 31.2 Å². The van der Waals surface area contributed by atoms with Crippen molar-refractivity contribution >= 4 is 12.0 Å². The maximum atomic E-state index is 12.6. The first-order chi connectivity index (χ1) is 15.3. The molecule has 1 spiro atoms. The average molecular weight is 445 g/mol. The number of benzene rings is 1. The van der Waals surface area contributed by atoms with E-state index in [1.165, 1.54) is 6.08 Å². The highest BCUT2D eigenvalue weighted by Crippen LogP contribution is 2.60. The van der Waals surface area contributed by atoms with Gasteiger partial charge in [-0.25, -0.2) is 14.6 Å². The topological polar surface area (TPSA) is 72.5 Å². The van der Waals surface area contributed by atoms with Crippen molar-refractivity contribution < 1.29 is 33.5 Å². The molecule has 7 heteroatoms. The lowest BCUT2D eigenvalue weighted by Crippen LogP contribution is -2.70. The zero-order valence-corrected chi connectivity index (χ0v) is 19.1. The van der Waals surface area contributed by atoms with E-state index in [2.05, 4.69) is 13.8 Å². The molecule has 0 aromatic heterocycles. The van der Waals surface area contributed by atoms with Crippen LogP contribution in [0.1, 0.15) is 52.0 Å². The molecule has 1 aromatic rings. The second-order valence-electron chi connectivity index (χ2n) is 9.82. The van der Waals surface area contributed by atoms with Crippen molar-refractivity contribution in [3.05, 3.63) is 35.9 Å². The molecule has 1 aliphatic carbocycles. The molecular formula is C25H32O7. The van der Waals surface area contributed by atoms with Crippen molar-refractivity contribution in [2.75, 3.05) is 7.11 Å². The van der Waals surface area contributed by atoms with Crippen LogP contribution in [-0.2, 0) is 28.8 Å². The molecule has 4 saturated heterocycles. The minimum atomic E-state index is -0.846. The Morgan fingerprint density at radius 1 is 1.09 bits per heavy atom. The first kappa shape index (κ1) is 21.9. The van der Waals surface area contributed by atoms with Gasteiger partial charge in [-0.2, -0.15) is 0 Å². The number of carbonyl (C=O) groups excluding carboxylic acids is 1. The lowest BCUT2D eigenvalue weighted by atomic mass is 9.58. The molecule has 0 unspecified atom stereocenters. The van der Waals surface area contributed by atoms with Crippen LogP contribution < -0.4 is 4.74 Å². The van der Waals surface area contributed by atoms with Gasteiger partial charge in [-0.1, -0.05) is 26.0 Å². The smallest absolute Gasteiger partial charge is 0.333 e. The molecule has 1 saturated carbocycles. The van der Waals surface area contributed by atoms with Gasteiger partial charge in [0.05, 0.1) is 7.11 Å². The number of fused-ring (bicyclic) bond motifs is 2. The molecular weight excluding hydrogens is 412 g/mol. The monoisotopic (exact) mass is 444 g/mol. The van der Waals surface area contributed by atoms with E-state index in [0.717, 1.165) is 37.0 Å². The third kappa shape index (κ3) is 3.55. The molecule has 1 aromatic carbocycles. The van der Waals surface area contributed by atoms with Crippen LogP contribution in [0, 0.1) is 23.7 Å². The summed E-state index contributed by atoms with van der Waals surface area (Å²) in [7, 11) is 1.62. The molecule has 0 N–H and O–H groups in total. The summed E-state index contributed by atoms with van der Waals surface area (Å²) in [4.78, 5) is 24.6. The zero-order valence-electron chi connectivity index (χ0n) is 19.1. The average Bonchev–Trinajstić information content (AvgIpc) is 3.02. The molecule has 5 fully saturated rings. The third-order valence-electron chi connectivity index (χ3n) is 7.86. The molecule has 4 aliphatic heterocycles. The normalized spacial score (nSPS) is 42.9. The van der Waals surface area contributed by atoms with E-state index in [9.17, 15) is 4.79 Å². The number of rotatable bonds is 4. The Morgan fingerprint density at radius 2 is 1.88 bits per heavy atom. The molecule has 7 nitrogen and oxygen atoms in total. The van der Waals surface area contributed by atoms with E-state index < -0.39 is 29.9 Å². The number of methoxy groups -OCH3 is 1. The van der Waals surface area contributed by atoms with Gasteiger partial charge >= 0.3 is 5.97 Å². The van der Waals surface area contributed by atoms with E-state index in [1.54, 1.807) is 13.2 Å². The highest BCUT2D eigenvalue weighted by atomic mass is 17.3. The Morgan fingerprint density at radius 3 is 2.62 bits per heavy atom. The van der Waals surface area contributed by atoms with Crippen LogP contribution in [0.2, 0.25) is 0 Å². The fourth-order valence-corrected chi connectivity index (χ4v) is 6.04. The number of hydrogen-bond acceptors (Lipinski definition) is 7. The van der Waals surface area contributed by atoms with E-state index >= 15 is 0 Å². The lowest BCUT2D eigenvalue weighted by Gasteiger charge is -2.59. The van der Waals surface area contributed by atoms with Crippen molar-refractivity contribution in [1.29, 1.82) is 0 Å². The quantitative estimate of drug-likeness (QED) is 0.386. The van der Waals surface area contributed by atoms with Crippen LogP contribution in [0.3, 0.4) is 0 Å². The Hall–Kier alpha value is -1.93. The third-order valence-corrected chi connectivity index (χ3v) is 7.86. The minimum absolute atomic E-state index is 0.0470. The number of carbonyl (C=O) groups is 1. The van der Waals surface area contributed by atoms with Crippen LogP contribution in [0.25, 0.3) is 6.08 Å². The van der Waals surface area contributed by atoms with E-state index in [-0.39, 0.29) is 17.8 Å². The number of ether oxygens (including phenoxy) is 4. The van der Waals surface area contributed by atoms with E-state index in [4.69, 9.17) is 28.7 Å². The fourth-order valence-electron chi connectivity index (χ4n) is 6.04. The van der Waals surface area contributed by atoms with Crippen molar-refractivity contribution in [2.45, 2.75) is 70.4 Å². The summed E-state index contributed by atoms with van der Waals surface area (Å²) in [5.74, 6) is 0.314. The van der Waals surface area contributed by atoms with Gasteiger partial charge in [0.1, 0.15) is 5.75 Å². The molecule has 174 valence electrons. The molecule has 4 heterocycles. The standard InChI is InChI=1S/C25H32O7/c1-15-5-11-20-16(2)22(28-21(26)12-8-17-6-9-18(27-4)10-7-17)29-23-25(20)19(15)13-14-24(3,30-23)31-32-25/h6-10,12,15-16,19-20,22-23H,5,11,13-14H2,1-4H3/b12-8+/t15-,16-,19-,20+,22-,23-,24-,25-/m1/s1. The SMILES string of the molecule is COc1ccc(/C=C/C(=O)O[C@@H]2O[C@@H]3O[C@@]4(C)CC[C@@H]5[C@H](C)CC[C@@H]([C@H]2C)[C@@]35OO4)cc1. The van der Waals surface area contributed by atoms with E-state index in [0.29, 0.717) is 5.92 Å². The maximum Gasteiger partial charge on any atom is 0.333 e. The predicted octanol–water partition coefficient (Wildman–Crippen LogP) is 4.46. The van der Waals surface area contributed by atoms with Crippen LogP contribution in [-0.4, -0.2) is 37.0 Å². The van der Waals surface area contributed by atoms with Crippen molar-refractivity contribution in [3.8, 4) is 5.75 Å². The van der Waals surface area contributed by atoms with Crippen molar-refractivity contribution in [3.63, 3.8) is 0 Å². The van der Waals surface area contributed by atoms with Gasteiger partial charge in [-0.05, 0) is 61.8 Å². The Labute approximate surface area is 188 Å².